The van der Waals surface area contributed by atoms with Crippen LogP contribution in [0.25, 0.3) is 11.1 Å². The molecule has 7 heteroatoms. The number of morpholine rings is 1. The number of carbonyl (C=O) groups excluding carboxylic acids is 2. The van der Waals surface area contributed by atoms with Crippen molar-refractivity contribution in [2.24, 2.45) is 5.92 Å². The third-order valence-electron chi connectivity index (χ3n) is 5.07. The standard InChI is InChI=1S/C22H28N2O4S/c1-4-23(15-16(2)22(26)27-3)20(25)19-14-18(17-8-6-5-7-9-17)21(29-19)24-10-12-28-13-11-24/h5-9,14,16H,4,10-13,15H2,1-3H3. The van der Waals surface area contributed by atoms with Gasteiger partial charge in [0.2, 0.25) is 0 Å². The van der Waals surface area contributed by atoms with Crippen molar-refractivity contribution in [2.45, 2.75) is 13.8 Å². The topological polar surface area (TPSA) is 59.1 Å². The summed E-state index contributed by atoms with van der Waals surface area (Å²) in [5.74, 6) is -0.720. The molecule has 0 spiro atoms. The molecular weight excluding hydrogens is 388 g/mol. The zero-order valence-corrected chi connectivity index (χ0v) is 18.0. The van der Waals surface area contributed by atoms with E-state index in [0.717, 1.165) is 29.2 Å². The number of hydrogen-bond donors (Lipinski definition) is 0. The van der Waals surface area contributed by atoms with E-state index in [4.69, 9.17) is 9.47 Å². The molecule has 6 nitrogen and oxygen atoms in total. The van der Waals surface area contributed by atoms with Gasteiger partial charge in [0.15, 0.2) is 0 Å². The van der Waals surface area contributed by atoms with Gasteiger partial charge in [-0.25, -0.2) is 0 Å². The number of hydrogen-bond acceptors (Lipinski definition) is 6. The highest BCUT2D eigenvalue weighted by molar-refractivity contribution is 7.18. The second kappa shape index (κ2) is 9.89. The summed E-state index contributed by atoms with van der Waals surface area (Å²) in [4.78, 5) is 29.7. The van der Waals surface area contributed by atoms with Crippen molar-refractivity contribution in [1.29, 1.82) is 0 Å². The van der Waals surface area contributed by atoms with Crippen LogP contribution in [-0.2, 0) is 14.3 Å². The smallest absolute Gasteiger partial charge is 0.310 e. The van der Waals surface area contributed by atoms with Crippen LogP contribution in [0.3, 0.4) is 0 Å². The molecular formula is C22H28N2O4S. The summed E-state index contributed by atoms with van der Waals surface area (Å²) in [6, 6.07) is 12.1. The summed E-state index contributed by atoms with van der Waals surface area (Å²) in [5, 5.41) is 1.10. The third-order valence-corrected chi connectivity index (χ3v) is 6.26. The first-order chi connectivity index (χ1) is 14.0. The van der Waals surface area contributed by atoms with Crippen LogP contribution < -0.4 is 4.90 Å². The minimum atomic E-state index is -0.365. The molecule has 0 saturated carbocycles. The zero-order chi connectivity index (χ0) is 20.8. The van der Waals surface area contributed by atoms with Gasteiger partial charge in [0.1, 0.15) is 0 Å². The van der Waals surface area contributed by atoms with E-state index in [0.29, 0.717) is 31.2 Å². The minimum Gasteiger partial charge on any atom is -0.469 e. The Labute approximate surface area is 176 Å². The van der Waals surface area contributed by atoms with E-state index in [1.165, 1.54) is 18.4 Å². The fraction of sp³-hybridized carbons (Fsp3) is 0.455. The second-order valence-electron chi connectivity index (χ2n) is 7.06. The van der Waals surface area contributed by atoms with Crippen molar-refractivity contribution >= 4 is 28.2 Å². The molecule has 0 radical (unpaired) electrons. The molecule has 29 heavy (non-hydrogen) atoms. The summed E-state index contributed by atoms with van der Waals surface area (Å²) in [5.41, 5.74) is 2.16. The van der Waals surface area contributed by atoms with Crippen LogP contribution in [0.2, 0.25) is 0 Å². The van der Waals surface area contributed by atoms with Crippen molar-refractivity contribution in [2.75, 3.05) is 51.4 Å². The lowest BCUT2D eigenvalue weighted by molar-refractivity contribution is -0.145. The first-order valence-electron chi connectivity index (χ1n) is 9.94. The Morgan fingerprint density at radius 2 is 1.93 bits per heavy atom. The Kier molecular flexibility index (Phi) is 7.28. The SMILES string of the molecule is CCN(CC(C)C(=O)OC)C(=O)c1cc(-c2ccccc2)c(N2CCOCC2)s1. The van der Waals surface area contributed by atoms with Crippen LogP contribution in [-0.4, -0.2) is 63.3 Å². The normalized spacial score (nSPS) is 15.1. The van der Waals surface area contributed by atoms with Gasteiger partial charge in [-0.3, -0.25) is 9.59 Å². The molecule has 1 aromatic carbocycles. The van der Waals surface area contributed by atoms with Crippen LogP contribution in [0.5, 0.6) is 0 Å². The highest BCUT2D eigenvalue weighted by Gasteiger charge is 2.26. The van der Waals surface area contributed by atoms with E-state index >= 15 is 0 Å². The molecule has 1 amide bonds. The highest BCUT2D eigenvalue weighted by Crippen LogP contribution is 2.39. The summed E-state index contributed by atoms with van der Waals surface area (Å²) in [6.07, 6.45) is 0. The molecule has 156 valence electrons. The van der Waals surface area contributed by atoms with Gasteiger partial charge in [-0.1, -0.05) is 37.3 Å². The predicted molar refractivity (Wildman–Crippen MR) is 116 cm³/mol. The van der Waals surface area contributed by atoms with Crippen LogP contribution in [0.1, 0.15) is 23.5 Å². The minimum absolute atomic E-state index is 0.0510. The largest absolute Gasteiger partial charge is 0.469 e. The average Bonchev–Trinajstić information content (AvgIpc) is 3.23. The molecule has 3 rings (SSSR count). The number of nitrogens with zero attached hydrogens (tertiary/aromatic N) is 2. The number of rotatable bonds is 7. The van der Waals surface area contributed by atoms with Crippen LogP contribution in [0, 0.1) is 5.92 Å². The molecule has 0 N–H and O–H groups in total. The fourth-order valence-electron chi connectivity index (χ4n) is 3.43. The van der Waals surface area contributed by atoms with Crippen LogP contribution in [0.4, 0.5) is 5.00 Å². The highest BCUT2D eigenvalue weighted by atomic mass is 32.1. The summed E-state index contributed by atoms with van der Waals surface area (Å²) in [7, 11) is 1.37. The molecule has 2 aromatic rings. The number of benzene rings is 1. The van der Waals surface area contributed by atoms with Gasteiger partial charge in [-0.2, -0.15) is 0 Å². The van der Waals surface area contributed by atoms with Crippen LogP contribution in [0.15, 0.2) is 36.4 Å². The lowest BCUT2D eigenvalue weighted by Crippen LogP contribution is -2.37. The van der Waals surface area contributed by atoms with E-state index < -0.39 is 0 Å². The lowest BCUT2D eigenvalue weighted by atomic mass is 10.1. The van der Waals surface area contributed by atoms with Gasteiger partial charge < -0.3 is 19.3 Å². The Morgan fingerprint density at radius 1 is 1.24 bits per heavy atom. The molecule has 0 bridgehead atoms. The van der Waals surface area contributed by atoms with Gasteiger partial charge in [-0.05, 0) is 18.6 Å². The van der Waals surface area contributed by atoms with Gasteiger partial charge >= 0.3 is 5.97 Å². The monoisotopic (exact) mass is 416 g/mol. The Morgan fingerprint density at radius 3 is 2.55 bits per heavy atom. The van der Waals surface area contributed by atoms with Gasteiger partial charge in [0.05, 0.1) is 36.1 Å². The lowest BCUT2D eigenvalue weighted by Gasteiger charge is -2.28. The molecule has 2 heterocycles. The predicted octanol–water partition coefficient (Wildman–Crippen LogP) is 3.52. The maximum atomic E-state index is 13.2. The Hall–Kier alpha value is -2.38. The first-order valence-corrected chi connectivity index (χ1v) is 10.8. The van der Waals surface area contributed by atoms with Crippen molar-refractivity contribution in [3.8, 4) is 11.1 Å². The second-order valence-corrected chi connectivity index (χ2v) is 8.09. The summed E-state index contributed by atoms with van der Waals surface area (Å²) < 4.78 is 10.3. The fourth-order valence-corrected chi connectivity index (χ4v) is 4.63. The number of ether oxygens (including phenoxy) is 2. The third kappa shape index (κ3) is 4.97. The Balaban J connectivity index is 1.91. The van der Waals surface area contributed by atoms with Crippen molar-refractivity contribution in [3.63, 3.8) is 0 Å². The Bertz CT molecular complexity index is 831. The number of anilines is 1. The molecule has 1 aromatic heterocycles. The van der Waals surface area contributed by atoms with Crippen molar-refractivity contribution < 1.29 is 19.1 Å². The van der Waals surface area contributed by atoms with Crippen molar-refractivity contribution in [3.05, 3.63) is 41.3 Å². The molecule has 1 saturated heterocycles. The van der Waals surface area contributed by atoms with E-state index in [9.17, 15) is 9.59 Å². The zero-order valence-electron chi connectivity index (χ0n) is 17.2. The maximum Gasteiger partial charge on any atom is 0.310 e. The summed E-state index contributed by atoms with van der Waals surface area (Å²) >= 11 is 1.52. The van der Waals surface area contributed by atoms with Crippen LogP contribution >= 0.6 is 11.3 Å². The van der Waals surface area contributed by atoms with E-state index in [2.05, 4.69) is 17.0 Å². The summed E-state index contributed by atoms with van der Waals surface area (Å²) in [6.45, 7) is 7.58. The quantitative estimate of drug-likeness (QED) is 0.647. The van der Waals surface area contributed by atoms with Gasteiger partial charge in [0, 0.05) is 31.7 Å². The van der Waals surface area contributed by atoms with E-state index in [1.807, 2.05) is 31.2 Å². The molecule has 1 unspecified atom stereocenters. The maximum absolute atomic E-state index is 13.2. The number of amides is 1. The first kappa shape index (κ1) is 21.3. The van der Waals surface area contributed by atoms with Gasteiger partial charge in [0.25, 0.3) is 5.91 Å². The molecule has 1 aliphatic heterocycles. The number of methoxy groups -OCH3 is 1. The molecule has 1 atom stereocenters. The van der Waals surface area contributed by atoms with E-state index in [1.54, 1.807) is 11.8 Å². The number of esters is 1. The van der Waals surface area contributed by atoms with Gasteiger partial charge in [-0.15, -0.1) is 11.3 Å². The molecule has 0 aliphatic carbocycles. The number of thiophene rings is 1. The average molecular weight is 417 g/mol. The van der Waals surface area contributed by atoms with Crippen molar-refractivity contribution in [1.82, 2.24) is 4.90 Å². The number of carbonyl (C=O) groups is 2. The molecule has 1 fully saturated rings. The molecule has 1 aliphatic rings. The van der Waals surface area contributed by atoms with E-state index in [-0.39, 0.29) is 17.8 Å².